The summed E-state index contributed by atoms with van der Waals surface area (Å²) in [5.74, 6) is -2.01. The van der Waals surface area contributed by atoms with Crippen LogP contribution in [0.5, 0.6) is 0 Å². The molecule has 4 N–H and O–H groups in total. The predicted octanol–water partition coefficient (Wildman–Crippen LogP) is 3.27. The van der Waals surface area contributed by atoms with Crippen molar-refractivity contribution in [2.75, 3.05) is 43.0 Å². The molecule has 5 rings (SSSR count). The van der Waals surface area contributed by atoms with Gasteiger partial charge in [0.2, 0.25) is 5.91 Å². The third kappa shape index (κ3) is 5.32. The third-order valence-corrected chi connectivity index (χ3v) is 6.61. The Morgan fingerprint density at radius 2 is 1.92 bits per heavy atom. The normalized spacial score (nSPS) is 15.8. The molecule has 1 aromatic heterocycles. The summed E-state index contributed by atoms with van der Waals surface area (Å²) in [7, 11) is 0. The number of pyridine rings is 1. The van der Waals surface area contributed by atoms with Crippen molar-refractivity contribution in [2.45, 2.75) is 12.8 Å². The highest BCUT2D eigenvalue weighted by Crippen LogP contribution is 2.28. The van der Waals surface area contributed by atoms with Crippen LogP contribution in [0, 0.1) is 17.0 Å². The van der Waals surface area contributed by atoms with Crippen LogP contribution in [0.1, 0.15) is 24.0 Å². The van der Waals surface area contributed by atoms with Crippen molar-refractivity contribution in [3.05, 3.63) is 75.7 Å². The van der Waals surface area contributed by atoms with Crippen molar-refractivity contribution in [2.24, 2.45) is 5.10 Å². The highest BCUT2D eigenvalue weighted by Gasteiger charge is 2.18. The Bertz CT molecular complexity index is 1510. The number of H-pyrrole nitrogens is 1. The molecule has 0 unspecified atom stereocenters. The van der Waals surface area contributed by atoms with E-state index < -0.39 is 17.2 Å². The van der Waals surface area contributed by atoms with Gasteiger partial charge in [-0.1, -0.05) is 0 Å². The second-order valence-corrected chi connectivity index (χ2v) is 9.10. The van der Waals surface area contributed by atoms with E-state index in [9.17, 15) is 18.4 Å². The van der Waals surface area contributed by atoms with Gasteiger partial charge in [-0.15, -0.1) is 0 Å². The van der Waals surface area contributed by atoms with Crippen molar-refractivity contribution < 1.29 is 13.6 Å². The molecule has 1 saturated heterocycles. The molecule has 1 fully saturated rings. The van der Waals surface area contributed by atoms with E-state index in [0.717, 1.165) is 25.2 Å². The Kier molecular flexibility index (Phi) is 7.27. The number of hydrogen-bond acceptors (Lipinski definition) is 7. The molecule has 2 aliphatic heterocycles. The molecule has 9 nitrogen and oxygen atoms in total. The molecule has 0 saturated carbocycles. The Labute approximate surface area is 217 Å². The van der Waals surface area contributed by atoms with Crippen molar-refractivity contribution in [3.8, 4) is 0 Å². The van der Waals surface area contributed by atoms with Gasteiger partial charge in [-0.05, 0) is 48.7 Å². The van der Waals surface area contributed by atoms with Gasteiger partial charge in [-0.2, -0.15) is 5.10 Å². The van der Waals surface area contributed by atoms with E-state index in [0.29, 0.717) is 59.4 Å². The van der Waals surface area contributed by atoms with Crippen LogP contribution in [-0.2, 0) is 4.79 Å². The number of nitrogens with one attached hydrogen (secondary N) is 4. The van der Waals surface area contributed by atoms with E-state index in [2.05, 4.69) is 20.7 Å². The lowest BCUT2D eigenvalue weighted by molar-refractivity contribution is -0.129. The summed E-state index contributed by atoms with van der Waals surface area (Å²) >= 11 is 0. The number of aromatic amines is 1. The molecule has 0 spiro atoms. The highest BCUT2D eigenvalue weighted by molar-refractivity contribution is 5.90. The van der Waals surface area contributed by atoms with Gasteiger partial charge in [-0.3, -0.25) is 9.59 Å². The number of fused-ring (bicyclic) bond motifs is 1. The monoisotopic (exact) mass is 519 g/mol. The fourth-order valence-electron chi connectivity index (χ4n) is 4.57. The molecule has 0 bridgehead atoms. The van der Waals surface area contributed by atoms with Crippen LogP contribution in [0.4, 0.5) is 20.2 Å². The number of allylic oxidation sites excluding steroid dienone is 1. The maximum Gasteiger partial charge on any atom is 0.256 e. The maximum absolute atomic E-state index is 13.8. The molecule has 0 aliphatic carbocycles. The van der Waals surface area contributed by atoms with Crippen molar-refractivity contribution >= 4 is 46.2 Å². The topological polar surface area (TPSA) is 117 Å². The van der Waals surface area contributed by atoms with Crippen LogP contribution in [-0.4, -0.2) is 60.9 Å². The second-order valence-electron chi connectivity index (χ2n) is 9.10. The van der Waals surface area contributed by atoms with Crippen LogP contribution in [0.25, 0.3) is 16.5 Å². The van der Waals surface area contributed by atoms with E-state index in [1.165, 1.54) is 6.21 Å². The minimum atomic E-state index is -1.03. The number of aromatic nitrogens is 1. The molecule has 11 heteroatoms. The van der Waals surface area contributed by atoms with Gasteiger partial charge in [0.25, 0.3) is 5.56 Å². The molecule has 1 amide bonds. The Morgan fingerprint density at radius 3 is 2.71 bits per heavy atom. The largest absolute Gasteiger partial charge is 0.376 e. The molecular formula is C27H27F2N7O2. The van der Waals surface area contributed by atoms with E-state index >= 15 is 0 Å². The van der Waals surface area contributed by atoms with Gasteiger partial charge in [0, 0.05) is 73.1 Å². The molecule has 2 aliphatic rings. The van der Waals surface area contributed by atoms with Crippen LogP contribution < -0.4 is 21.2 Å². The quantitative estimate of drug-likeness (QED) is 0.373. The summed E-state index contributed by atoms with van der Waals surface area (Å²) in [5, 5.41) is 20.7. The Balaban J connectivity index is 1.40. The first-order valence-corrected chi connectivity index (χ1v) is 12.3. The second kappa shape index (κ2) is 10.9. The zero-order chi connectivity index (χ0) is 26.6. The number of nitrogens with zero attached hydrogens (tertiary/aromatic N) is 3. The van der Waals surface area contributed by atoms with Crippen molar-refractivity contribution in [3.63, 3.8) is 0 Å². The van der Waals surface area contributed by atoms with Gasteiger partial charge < -0.3 is 25.9 Å². The van der Waals surface area contributed by atoms with Crippen LogP contribution in [0.3, 0.4) is 0 Å². The predicted molar refractivity (Wildman–Crippen MR) is 145 cm³/mol. The summed E-state index contributed by atoms with van der Waals surface area (Å²) in [4.78, 5) is 29.8. The third-order valence-electron chi connectivity index (χ3n) is 6.61. The van der Waals surface area contributed by atoms with Gasteiger partial charge >= 0.3 is 0 Å². The molecule has 0 radical (unpaired) electrons. The number of carbonyl (C=O) groups is 1. The zero-order valence-corrected chi connectivity index (χ0v) is 20.6. The number of hydrogen-bond donors (Lipinski definition) is 4. The smallest absolute Gasteiger partial charge is 0.256 e. The Morgan fingerprint density at radius 1 is 1.13 bits per heavy atom. The average molecular weight is 520 g/mol. The number of anilines is 2. The maximum atomic E-state index is 13.8. The van der Waals surface area contributed by atoms with E-state index in [1.54, 1.807) is 40.5 Å². The summed E-state index contributed by atoms with van der Waals surface area (Å²) in [6.45, 7) is 3.02. The summed E-state index contributed by atoms with van der Waals surface area (Å²) < 4.78 is 27.4. The molecule has 0 atom stereocenters. The standard InChI is InChI=1S/C27H27F2N7O2/c28-22-12-18-11-21(27(38)34-25(18)13-23(22)29)17-2-1-5-33-36(16-17)20-3-4-24(19(10-20)14-30)32-15-26(37)35-8-6-31-7-9-35/h3-5,10-14,16,30-32H,1-2,6-9,15H2,(H,34,38). The van der Waals surface area contributed by atoms with Gasteiger partial charge in [-0.25, -0.2) is 13.8 Å². The molecular weight excluding hydrogens is 492 g/mol. The molecule has 2 aromatic carbocycles. The fraction of sp³-hybridized carbons (Fsp3) is 0.259. The SMILES string of the molecule is N=Cc1cc(N2C=C(c3cc4cc(F)c(F)cc4[nH]c3=O)CCC=N2)ccc1NCC(=O)N1CCNCC1. The number of halogens is 2. The van der Waals surface area contributed by atoms with Crippen molar-refractivity contribution in [1.82, 2.24) is 15.2 Å². The first-order valence-electron chi connectivity index (χ1n) is 12.3. The molecule has 3 heterocycles. The lowest BCUT2D eigenvalue weighted by Gasteiger charge is -2.27. The number of hydrazone groups is 1. The van der Waals surface area contributed by atoms with Gasteiger partial charge in [0.05, 0.1) is 17.7 Å². The molecule has 3 aromatic rings. The van der Waals surface area contributed by atoms with Crippen LogP contribution in [0.2, 0.25) is 0 Å². The van der Waals surface area contributed by atoms with Crippen molar-refractivity contribution in [1.29, 1.82) is 5.41 Å². The minimum absolute atomic E-state index is 0.000531. The van der Waals surface area contributed by atoms with E-state index in [4.69, 9.17) is 5.41 Å². The zero-order valence-electron chi connectivity index (χ0n) is 20.6. The molecule has 196 valence electrons. The average Bonchev–Trinajstić information content (AvgIpc) is 3.19. The Hall–Kier alpha value is -4.38. The van der Waals surface area contributed by atoms with E-state index in [1.807, 2.05) is 6.07 Å². The van der Waals surface area contributed by atoms with Crippen LogP contribution >= 0.6 is 0 Å². The number of piperazine rings is 1. The fourth-order valence-corrected chi connectivity index (χ4v) is 4.57. The first-order chi connectivity index (χ1) is 18.4. The van der Waals surface area contributed by atoms with Gasteiger partial charge in [0.15, 0.2) is 11.6 Å². The number of carbonyl (C=O) groups excluding carboxylic acids is 1. The van der Waals surface area contributed by atoms with Crippen LogP contribution in [0.15, 0.2) is 52.5 Å². The summed E-state index contributed by atoms with van der Waals surface area (Å²) in [5.41, 5.74) is 2.70. The number of benzene rings is 2. The minimum Gasteiger partial charge on any atom is -0.376 e. The summed E-state index contributed by atoms with van der Waals surface area (Å²) in [6, 6.07) is 8.95. The lowest BCUT2D eigenvalue weighted by Crippen LogP contribution is -2.48. The summed E-state index contributed by atoms with van der Waals surface area (Å²) in [6.07, 6.45) is 5.75. The van der Waals surface area contributed by atoms with Gasteiger partial charge in [0.1, 0.15) is 0 Å². The molecule has 38 heavy (non-hydrogen) atoms. The first kappa shape index (κ1) is 25.3. The number of amides is 1. The lowest BCUT2D eigenvalue weighted by atomic mass is 10.0. The number of rotatable bonds is 6. The highest BCUT2D eigenvalue weighted by atomic mass is 19.2. The van der Waals surface area contributed by atoms with E-state index in [-0.39, 0.29) is 18.0 Å².